The van der Waals surface area contributed by atoms with Crippen LogP contribution in [0.4, 0.5) is 0 Å². The Hall–Kier alpha value is -2.04. The van der Waals surface area contributed by atoms with E-state index in [0.717, 1.165) is 0 Å². The number of hydrogen-bond acceptors (Lipinski definition) is 4. The predicted octanol–water partition coefficient (Wildman–Crippen LogP) is 1.55. The molecule has 1 aromatic carbocycles. The number of Topliss-reactive ketones (excluding diaryl/α,β-unsaturated/α-hetero) is 1. The number of carboxylic acids is 1. The number of aliphatic carboxylic acids is 1. The molecule has 5 heteroatoms. The molecule has 5 nitrogen and oxygen atoms in total. The van der Waals surface area contributed by atoms with E-state index in [9.17, 15) is 19.8 Å². The summed E-state index contributed by atoms with van der Waals surface area (Å²) < 4.78 is 5.41. The van der Waals surface area contributed by atoms with E-state index in [2.05, 4.69) is 0 Å². The number of hydrogen-bond donors (Lipinski definition) is 2. The lowest BCUT2D eigenvalue weighted by molar-refractivity contribution is -0.145. The van der Waals surface area contributed by atoms with E-state index in [1.807, 2.05) is 0 Å². The molecule has 1 heterocycles. The number of rotatable bonds is 2. The average molecular weight is 248 g/mol. The Bertz CT molecular complexity index is 577. The molecule has 2 N–H and O–H groups in total. The third kappa shape index (κ3) is 1.21. The summed E-state index contributed by atoms with van der Waals surface area (Å²) in [5.41, 5.74) is -0.235. The fraction of sp³-hybridized carbons (Fsp3) is 0.385. The van der Waals surface area contributed by atoms with E-state index in [1.54, 1.807) is 6.07 Å². The van der Waals surface area contributed by atoms with Crippen molar-refractivity contribution in [3.05, 3.63) is 23.3 Å². The van der Waals surface area contributed by atoms with Gasteiger partial charge in [0.25, 0.3) is 0 Å². The average Bonchev–Trinajstić information content (AvgIpc) is 3.04. The van der Waals surface area contributed by atoms with Gasteiger partial charge in [0, 0.05) is 11.5 Å². The normalized spacial score (nSPS) is 27.7. The van der Waals surface area contributed by atoms with Crippen LogP contribution < -0.4 is 4.74 Å². The molecule has 1 aromatic rings. The molecule has 2 aliphatic rings. The maximum Gasteiger partial charge on any atom is 0.313 e. The van der Waals surface area contributed by atoms with Crippen LogP contribution in [0, 0.1) is 5.41 Å². The fourth-order valence-electron chi connectivity index (χ4n) is 2.68. The van der Waals surface area contributed by atoms with E-state index in [1.165, 1.54) is 13.0 Å². The summed E-state index contributed by atoms with van der Waals surface area (Å²) in [5, 5.41) is 19.3. The van der Waals surface area contributed by atoms with Gasteiger partial charge in [-0.1, -0.05) is 0 Å². The van der Waals surface area contributed by atoms with Crippen molar-refractivity contribution in [3.63, 3.8) is 0 Å². The van der Waals surface area contributed by atoms with Gasteiger partial charge in [-0.2, -0.15) is 0 Å². The molecule has 3 rings (SSSR count). The molecule has 2 atom stereocenters. The Morgan fingerprint density at radius 2 is 2.17 bits per heavy atom. The summed E-state index contributed by atoms with van der Waals surface area (Å²) in [4.78, 5) is 22.6. The SMILES string of the molecule is CC(=O)c1ccc2c(c1O)[C@@H]1CC1(C(=O)O)CO2. The number of ketones is 1. The van der Waals surface area contributed by atoms with Gasteiger partial charge in [0.15, 0.2) is 5.78 Å². The van der Waals surface area contributed by atoms with Crippen LogP contribution in [-0.2, 0) is 4.79 Å². The van der Waals surface area contributed by atoms with Crippen molar-refractivity contribution in [2.45, 2.75) is 19.3 Å². The number of benzene rings is 1. The van der Waals surface area contributed by atoms with Crippen LogP contribution in [0.1, 0.15) is 35.2 Å². The van der Waals surface area contributed by atoms with E-state index in [-0.39, 0.29) is 29.6 Å². The van der Waals surface area contributed by atoms with Gasteiger partial charge in [-0.05, 0) is 25.5 Å². The molecule has 0 saturated heterocycles. The van der Waals surface area contributed by atoms with E-state index >= 15 is 0 Å². The Morgan fingerprint density at radius 1 is 1.44 bits per heavy atom. The number of ether oxygens (including phenoxy) is 1. The first kappa shape index (κ1) is 11.1. The van der Waals surface area contributed by atoms with E-state index in [4.69, 9.17) is 4.74 Å². The third-order valence-corrected chi connectivity index (χ3v) is 3.89. The van der Waals surface area contributed by atoms with Gasteiger partial charge < -0.3 is 14.9 Å². The van der Waals surface area contributed by atoms with Crippen molar-refractivity contribution < 1.29 is 24.5 Å². The zero-order chi connectivity index (χ0) is 13.1. The highest BCUT2D eigenvalue weighted by Gasteiger charge is 2.65. The highest BCUT2D eigenvalue weighted by atomic mass is 16.5. The van der Waals surface area contributed by atoms with Crippen molar-refractivity contribution in [2.75, 3.05) is 6.61 Å². The maximum absolute atomic E-state index is 11.4. The molecule has 0 bridgehead atoms. The number of carbonyl (C=O) groups is 2. The Kier molecular flexibility index (Phi) is 2.00. The summed E-state index contributed by atoms with van der Waals surface area (Å²) in [6, 6.07) is 3.13. The Morgan fingerprint density at radius 3 is 2.78 bits per heavy atom. The number of phenols is 1. The lowest BCUT2D eigenvalue weighted by Crippen LogP contribution is -2.28. The molecule has 1 unspecified atom stereocenters. The van der Waals surface area contributed by atoms with Gasteiger partial charge in [0.05, 0.1) is 5.56 Å². The highest BCUT2D eigenvalue weighted by Crippen LogP contribution is 2.65. The molecule has 0 aromatic heterocycles. The molecule has 1 aliphatic heterocycles. The third-order valence-electron chi connectivity index (χ3n) is 3.89. The van der Waals surface area contributed by atoms with Crippen LogP contribution >= 0.6 is 0 Å². The molecule has 0 radical (unpaired) electrons. The number of fused-ring (bicyclic) bond motifs is 3. The minimum Gasteiger partial charge on any atom is -0.507 e. The number of carbonyl (C=O) groups excluding carboxylic acids is 1. The minimum absolute atomic E-state index is 0.124. The van der Waals surface area contributed by atoms with Crippen LogP contribution in [0.25, 0.3) is 0 Å². The van der Waals surface area contributed by atoms with E-state index in [0.29, 0.717) is 17.7 Å². The van der Waals surface area contributed by atoms with Crippen LogP contribution in [0.5, 0.6) is 11.5 Å². The lowest BCUT2D eigenvalue weighted by Gasteiger charge is -2.23. The van der Waals surface area contributed by atoms with Crippen LogP contribution in [-0.4, -0.2) is 28.6 Å². The van der Waals surface area contributed by atoms with Crippen molar-refractivity contribution in [3.8, 4) is 11.5 Å². The summed E-state index contributed by atoms with van der Waals surface area (Å²) >= 11 is 0. The highest BCUT2D eigenvalue weighted by molar-refractivity contribution is 5.98. The monoisotopic (exact) mass is 248 g/mol. The summed E-state index contributed by atoms with van der Waals surface area (Å²) in [6.45, 7) is 1.49. The minimum atomic E-state index is -0.917. The van der Waals surface area contributed by atoms with Gasteiger partial charge in [-0.3, -0.25) is 9.59 Å². The standard InChI is InChI=1S/C13H12O5/c1-6(14)7-2-3-9-10(11(7)15)8-4-13(8,5-18-9)12(16)17/h2-3,8,15H,4-5H2,1H3,(H,16,17)/t8-,13?/m0/s1. The fourth-order valence-corrected chi connectivity index (χ4v) is 2.68. The summed E-state index contributed by atoms with van der Waals surface area (Å²) in [7, 11) is 0. The molecule has 18 heavy (non-hydrogen) atoms. The second-order valence-electron chi connectivity index (χ2n) is 4.94. The second-order valence-corrected chi connectivity index (χ2v) is 4.94. The molecule has 0 amide bonds. The van der Waals surface area contributed by atoms with Gasteiger partial charge >= 0.3 is 5.97 Å². The first-order valence-electron chi connectivity index (χ1n) is 5.70. The molecule has 1 saturated carbocycles. The molecule has 1 aliphatic carbocycles. The number of carboxylic acid groups (broad SMARTS) is 1. The van der Waals surface area contributed by atoms with Crippen molar-refractivity contribution in [1.82, 2.24) is 0 Å². The predicted molar refractivity (Wildman–Crippen MR) is 61.0 cm³/mol. The summed E-state index contributed by atoms with van der Waals surface area (Å²) in [5.74, 6) is -1.06. The Labute approximate surface area is 103 Å². The first-order valence-corrected chi connectivity index (χ1v) is 5.70. The zero-order valence-electron chi connectivity index (χ0n) is 9.77. The van der Waals surface area contributed by atoms with E-state index < -0.39 is 11.4 Å². The quantitative estimate of drug-likeness (QED) is 0.776. The molecule has 94 valence electrons. The van der Waals surface area contributed by atoms with Gasteiger partial charge in [0.2, 0.25) is 0 Å². The Balaban J connectivity index is 2.13. The van der Waals surface area contributed by atoms with Gasteiger partial charge in [-0.15, -0.1) is 0 Å². The van der Waals surface area contributed by atoms with Gasteiger partial charge in [-0.25, -0.2) is 0 Å². The molecule has 0 spiro atoms. The first-order chi connectivity index (χ1) is 8.47. The number of phenolic OH excluding ortho intramolecular Hbond substituents is 1. The maximum atomic E-state index is 11.4. The molecular formula is C13H12O5. The van der Waals surface area contributed by atoms with Crippen LogP contribution in [0.15, 0.2) is 12.1 Å². The summed E-state index contributed by atoms with van der Waals surface area (Å²) in [6.07, 6.45) is 0.449. The van der Waals surface area contributed by atoms with Crippen molar-refractivity contribution in [1.29, 1.82) is 0 Å². The lowest BCUT2D eigenvalue weighted by atomic mass is 9.93. The van der Waals surface area contributed by atoms with Crippen LogP contribution in [0.3, 0.4) is 0 Å². The number of aromatic hydroxyl groups is 1. The van der Waals surface area contributed by atoms with Crippen molar-refractivity contribution in [2.24, 2.45) is 5.41 Å². The second kappa shape index (κ2) is 3.25. The molecular weight excluding hydrogens is 236 g/mol. The molecule has 1 fully saturated rings. The van der Waals surface area contributed by atoms with Gasteiger partial charge in [0.1, 0.15) is 23.5 Å². The zero-order valence-corrected chi connectivity index (χ0v) is 9.77. The smallest absolute Gasteiger partial charge is 0.313 e. The topological polar surface area (TPSA) is 83.8 Å². The largest absolute Gasteiger partial charge is 0.507 e. The van der Waals surface area contributed by atoms with Crippen molar-refractivity contribution >= 4 is 11.8 Å². The van der Waals surface area contributed by atoms with Crippen LogP contribution in [0.2, 0.25) is 0 Å².